The Morgan fingerprint density at radius 3 is 2.50 bits per heavy atom. The maximum atomic E-state index is 12.7. The maximum absolute atomic E-state index is 12.7. The Bertz CT molecular complexity index is 557. The first-order valence-electron chi connectivity index (χ1n) is 9.62. The molecule has 2 aliphatic rings. The van der Waals surface area contributed by atoms with E-state index < -0.39 is 0 Å². The average Bonchev–Trinajstić information content (AvgIpc) is 2.85. The third-order valence-corrected chi connectivity index (χ3v) is 5.65. The summed E-state index contributed by atoms with van der Waals surface area (Å²) in [6.45, 7) is 6.59. The van der Waals surface area contributed by atoms with Crippen molar-refractivity contribution in [3.63, 3.8) is 0 Å². The summed E-state index contributed by atoms with van der Waals surface area (Å²) >= 11 is 0. The van der Waals surface area contributed by atoms with Crippen molar-refractivity contribution in [1.82, 2.24) is 10.6 Å². The lowest BCUT2D eigenvalue weighted by molar-refractivity contribution is -0.123. The molecule has 3 unspecified atom stereocenters. The van der Waals surface area contributed by atoms with Crippen molar-refractivity contribution in [1.29, 1.82) is 0 Å². The van der Waals surface area contributed by atoms with Crippen LogP contribution in [0.4, 0.5) is 0 Å². The van der Waals surface area contributed by atoms with Crippen LogP contribution >= 0.6 is 0 Å². The van der Waals surface area contributed by atoms with E-state index in [2.05, 4.69) is 55.7 Å². The summed E-state index contributed by atoms with van der Waals surface area (Å²) in [5.74, 6) is 1.35. The summed E-state index contributed by atoms with van der Waals surface area (Å²) in [5, 5.41) is 7.01. The van der Waals surface area contributed by atoms with Crippen molar-refractivity contribution >= 4 is 5.91 Å². The molecule has 1 aromatic rings. The second kappa shape index (κ2) is 7.69. The summed E-state index contributed by atoms with van der Waals surface area (Å²) in [4.78, 5) is 12.7. The van der Waals surface area contributed by atoms with Gasteiger partial charge in [-0.1, -0.05) is 38.1 Å². The first-order chi connectivity index (χ1) is 11.5. The Morgan fingerprint density at radius 2 is 1.88 bits per heavy atom. The number of carbonyl (C=O) groups excluding carboxylic acids is 1. The van der Waals surface area contributed by atoms with Crippen LogP contribution in [0.25, 0.3) is 0 Å². The monoisotopic (exact) mass is 328 g/mol. The highest BCUT2D eigenvalue weighted by atomic mass is 16.1. The quantitative estimate of drug-likeness (QED) is 0.825. The van der Waals surface area contributed by atoms with Crippen molar-refractivity contribution in [3.8, 4) is 0 Å². The number of hydrogen-bond donors (Lipinski definition) is 2. The third-order valence-electron chi connectivity index (χ3n) is 5.65. The van der Waals surface area contributed by atoms with E-state index in [1.807, 2.05) is 0 Å². The third kappa shape index (κ3) is 4.38. The Kier molecular flexibility index (Phi) is 5.60. The molecule has 3 rings (SSSR count). The fourth-order valence-corrected chi connectivity index (χ4v) is 4.57. The Labute approximate surface area is 146 Å². The fraction of sp³-hybridized carbons (Fsp3) is 0.667. The first kappa shape index (κ1) is 17.5. The molecule has 0 spiro atoms. The van der Waals surface area contributed by atoms with Crippen LogP contribution in [-0.4, -0.2) is 18.0 Å². The van der Waals surface area contributed by atoms with Crippen LogP contribution in [0, 0.1) is 18.8 Å². The molecule has 3 atom stereocenters. The Hall–Kier alpha value is -1.35. The number of rotatable bonds is 6. The predicted molar refractivity (Wildman–Crippen MR) is 98.8 cm³/mol. The largest absolute Gasteiger partial charge is 0.349 e. The van der Waals surface area contributed by atoms with Crippen LogP contribution in [0.2, 0.25) is 0 Å². The van der Waals surface area contributed by atoms with Gasteiger partial charge in [0.05, 0.1) is 6.04 Å². The summed E-state index contributed by atoms with van der Waals surface area (Å²) < 4.78 is 0. The summed E-state index contributed by atoms with van der Waals surface area (Å²) in [6.07, 6.45) is 6.61. The molecular weight excluding hydrogens is 296 g/mol. The van der Waals surface area contributed by atoms with Crippen molar-refractivity contribution in [2.75, 3.05) is 0 Å². The lowest BCUT2D eigenvalue weighted by Crippen LogP contribution is -2.40. The van der Waals surface area contributed by atoms with Gasteiger partial charge in [-0.3, -0.25) is 4.79 Å². The van der Waals surface area contributed by atoms with E-state index in [-0.39, 0.29) is 11.9 Å². The highest BCUT2D eigenvalue weighted by Crippen LogP contribution is 2.33. The minimum atomic E-state index is 0.136. The smallest absolute Gasteiger partial charge is 0.220 e. The molecular formula is C21H32N2O. The molecule has 2 saturated heterocycles. The van der Waals surface area contributed by atoms with Crippen molar-refractivity contribution < 1.29 is 4.79 Å². The zero-order valence-corrected chi connectivity index (χ0v) is 15.3. The topological polar surface area (TPSA) is 41.1 Å². The number of amides is 1. The van der Waals surface area contributed by atoms with Crippen LogP contribution in [0.15, 0.2) is 24.3 Å². The highest BCUT2D eigenvalue weighted by Gasteiger charge is 2.34. The second-order valence-corrected chi connectivity index (χ2v) is 8.29. The Morgan fingerprint density at radius 1 is 1.21 bits per heavy atom. The maximum Gasteiger partial charge on any atom is 0.220 e. The van der Waals surface area contributed by atoms with E-state index in [0.717, 1.165) is 6.42 Å². The molecule has 3 nitrogen and oxygen atoms in total. The summed E-state index contributed by atoms with van der Waals surface area (Å²) in [5.41, 5.74) is 2.54. The van der Waals surface area contributed by atoms with Crippen LogP contribution < -0.4 is 10.6 Å². The van der Waals surface area contributed by atoms with Crippen LogP contribution in [-0.2, 0) is 4.79 Å². The van der Waals surface area contributed by atoms with E-state index in [1.54, 1.807) is 0 Å². The molecule has 0 aromatic heterocycles. The molecule has 1 aromatic carbocycles. The number of carbonyl (C=O) groups is 1. The number of piperidine rings is 1. The van der Waals surface area contributed by atoms with Crippen molar-refractivity contribution in [2.45, 2.75) is 77.4 Å². The molecule has 2 bridgehead atoms. The van der Waals surface area contributed by atoms with E-state index in [1.165, 1.54) is 36.8 Å². The van der Waals surface area contributed by atoms with Gasteiger partial charge < -0.3 is 10.6 Å². The van der Waals surface area contributed by atoms with Gasteiger partial charge in [-0.25, -0.2) is 0 Å². The standard InChI is InChI=1S/C21H32N2O/c1-14(2)10-20(19-7-5-4-6-15(19)3)23-21(24)13-16-11-17-8-9-18(12-16)22-17/h4-7,14,16-18,20,22H,8-13H2,1-3H3,(H,23,24). The molecule has 0 aliphatic carbocycles. The molecule has 0 saturated carbocycles. The van der Waals surface area contributed by atoms with Gasteiger partial charge in [0.25, 0.3) is 0 Å². The molecule has 2 fully saturated rings. The van der Waals surface area contributed by atoms with Gasteiger partial charge in [-0.2, -0.15) is 0 Å². The minimum absolute atomic E-state index is 0.136. The van der Waals surface area contributed by atoms with Gasteiger partial charge in [0, 0.05) is 18.5 Å². The van der Waals surface area contributed by atoms with Gasteiger partial charge >= 0.3 is 0 Å². The molecule has 2 N–H and O–H groups in total. The van der Waals surface area contributed by atoms with Crippen molar-refractivity contribution in [3.05, 3.63) is 35.4 Å². The Balaban J connectivity index is 1.62. The van der Waals surface area contributed by atoms with Crippen LogP contribution in [0.1, 0.15) is 69.5 Å². The first-order valence-corrected chi connectivity index (χ1v) is 9.62. The van der Waals surface area contributed by atoms with E-state index in [9.17, 15) is 4.79 Å². The van der Waals surface area contributed by atoms with E-state index >= 15 is 0 Å². The molecule has 1 amide bonds. The number of benzene rings is 1. The molecule has 0 radical (unpaired) electrons. The molecule has 132 valence electrons. The van der Waals surface area contributed by atoms with Gasteiger partial charge in [-0.15, -0.1) is 0 Å². The molecule has 3 heteroatoms. The van der Waals surface area contributed by atoms with Gasteiger partial charge in [0.1, 0.15) is 0 Å². The number of aryl methyl sites for hydroxylation is 1. The normalized spacial score (nSPS) is 27.2. The van der Waals surface area contributed by atoms with Crippen LogP contribution in [0.3, 0.4) is 0 Å². The van der Waals surface area contributed by atoms with Gasteiger partial charge in [-0.05, 0) is 62.0 Å². The number of hydrogen-bond acceptors (Lipinski definition) is 2. The SMILES string of the molecule is Cc1ccccc1C(CC(C)C)NC(=O)CC1CC2CCC(C1)N2. The molecule has 2 aliphatic heterocycles. The average molecular weight is 329 g/mol. The second-order valence-electron chi connectivity index (χ2n) is 8.29. The highest BCUT2D eigenvalue weighted by molar-refractivity contribution is 5.76. The van der Waals surface area contributed by atoms with Gasteiger partial charge in [0.2, 0.25) is 5.91 Å². The zero-order chi connectivity index (χ0) is 17.1. The zero-order valence-electron chi connectivity index (χ0n) is 15.3. The summed E-state index contributed by atoms with van der Waals surface area (Å²) in [7, 11) is 0. The van der Waals surface area contributed by atoms with E-state index in [4.69, 9.17) is 0 Å². The lowest BCUT2D eigenvalue weighted by atomic mass is 9.88. The fourth-order valence-electron chi connectivity index (χ4n) is 4.57. The minimum Gasteiger partial charge on any atom is -0.349 e. The predicted octanol–water partition coefficient (Wildman–Crippen LogP) is 4.12. The number of nitrogens with one attached hydrogen (secondary N) is 2. The molecule has 24 heavy (non-hydrogen) atoms. The van der Waals surface area contributed by atoms with E-state index in [0.29, 0.717) is 30.3 Å². The number of fused-ring (bicyclic) bond motifs is 2. The molecule has 2 heterocycles. The van der Waals surface area contributed by atoms with Crippen molar-refractivity contribution in [2.24, 2.45) is 11.8 Å². The lowest BCUT2D eigenvalue weighted by Gasteiger charge is -2.29. The van der Waals surface area contributed by atoms with Crippen LogP contribution in [0.5, 0.6) is 0 Å². The van der Waals surface area contributed by atoms with Gasteiger partial charge in [0.15, 0.2) is 0 Å². The summed E-state index contributed by atoms with van der Waals surface area (Å²) in [6, 6.07) is 9.89.